The lowest BCUT2D eigenvalue weighted by Gasteiger charge is -2.29. The fourth-order valence-electron chi connectivity index (χ4n) is 4.30. The summed E-state index contributed by atoms with van der Waals surface area (Å²) in [5.41, 5.74) is 2.98. The number of Topliss-reactive ketones (excluding diaryl/α,β-unsaturated/α-hetero) is 1. The topological polar surface area (TPSA) is 56.3 Å². The van der Waals surface area contributed by atoms with Crippen LogP contribution in [-0.4, -0.2) is 23.3 Å². The van der Waals surface area contributed by atoms with Crippen LogP contribution < -0.4 is 0 Å². The van der Waals surface area contributed by atoms with Crippen molar-refractivity contribution in [1.29, 1.82) is 0 Å². The zero-order valence-corrected chi connectivity index (χ0v) is 16.4. The first-order valence-electron chi connectivity index (χ1n) is 10.3. The Hall–Kier alpha value is -3.01. The molecular weight excluding hydrogens is 362 g/mol. The standard InChI is InChI=1S/C25H25NO3/c27-24(20-6-2-1-3-7-20)17-29-25(28)16-18-10-12-19(13-11-18)21-14-15-26-23-9-5-4-8-22(21)23/h1-9,14-15,18-19H,10-13,16-17H2/t18-,19-. The Morgan fingerprint density at radius 1 is 0.897 bits per heavy atom. The molecule has 1 heterocycles. The van der Waals surface area contributed by atoms with Gasteiger partial charge >= 0.3 is 5.97 Å². The summed E-state index contributed by atoms with van der Waals surface area (Å²) in [5, 5.41) is 1.23. The maximum Gasteiger partial charge on any atom is 0.306 e. The van der Waals surface area contributed by atoms with Gasteiger partial charge < -0.3 is 4.74 Å². The summed E-state index contributed by atoms with van der Waals surface area (Å²) >= 11 is 0. The largest absolute Gasteiger partial charge is 0.457 e. The van der Waals surface area contributed by atoms with Crippen LogP contribution in [-0.2, 0) is 9.53 Å². The van der Waals surface area contributed by atoms with Gasteiger partial charge in [-0.2, -0.15) is 0 Å². The summed E-state index contributed by atoms with van der Waals surface area (Å²) in [6, 6.07) is 19.3. The second kappa shape index (κ2) is 8.99. The third-order valence-electron chi connectivity index (χ3n) is 5.88. The average molecular weight is 387 g/mol. The van der Waals surface area contributed by atoms with Gasteiger partial charge in [0.1, 0.15) is 0 Å². The highest BCUT2D eigenvalue weighted by Crippen LogP contribution is 2.39. The second-order valence-electron chi connectivity index (χ2n) is 7.79. The molecular formula is C25H25NO3. The van der Waals surface area contributed by atoms with Crippen molar-refractivity contribution in [2.45, 2.75) is 38.0 Å². The van der Waals surface area contributed by atoms with Crippen molar-refractivity contribution < 1.29 is 14.3 Å². The minimum Gasteiger partial charge on any atom is -0.457 e. The number of carbonyl (C=O) groups excluding carboxylic acids is 2. The number of pyridine rings is 1. The Kier molecular flexibility index (Phi) is 5.99. The Morgan fingerprint density at radius 2 is 1.62 bits per heavy atom. The summed E-state index contributed by atoms with van der Waals surface area (Å²) in [5.74, 6) is 0.410. The lowest BCUT2D eigenvalue weighted by molar-refractivity contribution is -0.143. The number of hydrogen-bond acceptors (Lipinski definition) is 4. The van der Waals surface area contributed by atoms with Crippen molar-refractivity contribution in [3.05, 3.63) is 78.0 Å². The van der Waals surface area contributed by atoms with Crippen LogP contribution in [0.5, 0.6) is 0 Å². The van der Waals surface area contributed by atoms with Gasteiger partial charge in [-0.25, -0.2) is 0 Å². The van der Waals surface area contributed by atoms with E-state index in [9.17, 15) is 9.59 Å². The summed E-state index contributed by atoms with van der Waals surface area (Å²) in [6.07, 6.45) is 6.42. The van der Waals surface area contributed by atoms with Crippen LogP contribution >= 0.6 is 0 Å². The molecule has 0 bridgehead atoms. The number of esters is 1. The molecule has 1 aliphatic rings. The maximum atomic E-state index is 12.2. The lowest BCUT2D eigenvalue weighted by atomic mass is 9.77. The summed E-state index contributed by atoms with van der Waals surface area (Å²) in [7, 11) is 0. The molecule has 0 unspecified atom stereocenters. The molecule has 3 aromatic rings. The van der Waals surface area contributed by atoms with E-state index < -0.39 is 0 Å². The van der Waals surface area contributed by atoms with Crippen LogP contribution in [0.15, 0.2) is 66.9 Å². The van der Waals surface area contributed by atoms with Crippen molar-refractivity contribution in [3.8, 4) is 0 Å². The maximum absolute atomic E-state index is 12.2. The Labute approximate surface area is 170 Å². The number of benzene rings is 2. The van der Waals surface area contributed by atoms with Gasteiger partial charge in [-0.05, 0) is 55.2 Å². The highest BCUT2D eigenvalue weighted by atomic mass is 16.5. The smallest absolute Gasteiger partial charge is 0.306 e. The zero-order valence-electron chi connectivity index (χ0n) is 16.4. The van der Waals surface area contributed by atoms with Crippen LogP contribution in [0.3, 0.4) is 0 Å². The first kappa shape index (κ1) is 19.3. The average Bonchev–Trinajstić information content (AvgIpc) is 2.78. The number of ketones is 1. The second-order valence-corrected chi connectivity index (χ2v) is 7.79. The van der Waals surface area contributed by atoms with Crippen molar-refractivity contribution in [1.82, 2.24) is 4.98 Å². The number of fused-ring (bicyclic) bond motifs is 1. The van der Waals surface area contributed by atoms with Gasteiger partial charge in [-0.3, -0.25) is 14.6 Å². The van der Waals surface area contributed by atoms with E-state index in [1.54, 1.807) is 24.3 Å². The van der Waals surface area contributed by atoms with E-state index in [0.29, 0.717) is 23.8 Å². The lowest BCUT2D eigenvalue weighted by Crippen LogP contribution is -2.20. The predicted molar refractivity (Wildman–Crippen MR) is 113 cm³/mol. The molecule has 4 rings (SSSR count). The van der Waals surface area contributed by atoms with E-state index in [4.69, 9.17) is 4.74 Å². The molecule has 0 saturated heterocycles. The van der Waals surface area contributed by atoms with Crippen LogP contribution in [0.1, 0.15) is 53.9 Å². The molecule has 0 amide bonds. The molecule has 0 atom stereocenters. The van der Waals surface area contributed by atoms with E-state index in [1.165, 1.54) is 10.9 Å². The van der Waals surface area contributed by atoms with Gasteiger partial charge in [0.25, 0.3) is 0 Å². The number of ether oxygens (including phenoxy) is 1. The van der Waals surface area contributed by atoms with E-state index in [0.717, 1.165) is 31.2 Å². The fraction of sp³-hybridized carbons (Fsp3) is 0.320. The molecule has 0 N–H and O–H groups in total. The molecule has 0 radical (unpaired) electrons. The molecule has 1 fully saturated rings. The molecule has 1 saturated carbocycles. The SMILES string of the molecule is O=C(C[C@H]1CC[C@H](c2ccnc3ccccc32)CC1)OCC(=O)c1ccccc1. The molecule has 1 aliphatic carbocycles. The molecule has 0 spiro atoms. The van der Waals surface area contributed by atoms with Crippen molar-refractivity contribution in [2.24, 2.45) is 5.92 Å². The fourth-order valence-corrected chi connectivity index (χ4v) is 4.30. The molecule has 29 heavy (non-hydrogen) atoms. The predicted octanol–water partition coefficient (Wildman–Crippen LogP) is 5.32. The van der Waals surface area contributed by atoms with Crippen molar-refractivity contribution in [2.75, 3.05) is 6.61 Å². The Morgan fingerprint density at radius 3 is 2.41 bits per heavy atom. The van der Waals surface area contributed by atoms with Crippen LogP contribution in [0.2, 0.25) is 0 Å². The van der Waals surface area contributed by atoms with Crippen LogP contribution in [0.25, 0.3) is 10.9 Å². The van der Waals surface area contributed by atoms with Gasteiger partial charge in [-0.1, -0.05) is 48.5 Å². The Bertz CT molecular complexity index is 986. The van der Waals surface area contributed by atoms with Crippen LogP contribution in [0, 0.1) is 5.92 Å². The van der Waals surface area contributed by atoms with E-state index in [-0.39, 0.29) is 18.4 Å². The highest BCUT2D eigenvalue weighted by Gasteiger charge is 2.26. The van der Waals surface area contributed by atoms with Crippen LogP contribution in [0.4, 0.5) is 0 Å². The quantitative estimate of drug-likeness (QED) is 0.424. The molecule has 148 valence electrons. The summed E-state index contributed by atoms with van der Waals surface area (Å²) in [4.78, 5) is 28.7. The molecule has 2 aromatic carbocycles. The normalized spacial score (nSPS) is 19.0. The van der Waals surface area contributed by atoms with Gasteiger partial charge in [0.15, 0.2) is 12.4 Å². The molecule has 0 aliphatic heterocycles. The number of para-hydroxylation sites is 1. The minimum atomic E-state index is -0.271. The van der Waals surface area contributed by atoms with Crippen molar-refractivity contribution in [3.63, 3.8) is 0 Å². The van der Waals surface area contributed by atoms with Gasteiger partial charge in [0.05, 0.1) is 5.52 Å². The molecule has 4 nitrogen and oxygen atoms in total. The summed E-state index contributed by atoms with van der Waals surface area (Å²) in [6.45, 7) is -0.179. The Balaban J connectivity index is 1.27. The molecule has 4 heteroatoms. The highest BCUT2D eigenvalue weighted by molar-refractivity contribution is 5.97. The van der Waals surface area contributed by atoms with Crippen molar-refractivity contribution >= 4 is 22.7 Å². The monoisotopic (exact) mass is 387 g/mol. The third-order valence-corrected chi connectivity index (χ3v) is 5.88. The first-order chi connectivity index (χ1) is 14.2. The number of nitrogens with zero attached hydrogens (tertiary/aromatic N) is 1. The summed E-state index contributed by atoms with van der Waals surface area (Å²) < 4.78 is 5.23. The number of carbonyl (C=O) groups is 2. The molecule has 1 aromatic heterocycles. The number of hydrogen-bond donors (Lipinski definition) is 0. The third kappa shape index (κ3) is 4.70. The van der Waals surface area contributed by atoms with E-state index in [2.05, 4.69) is 29.2 Å². The van der Waals surface area contributed by atoms with E-state index in [1.807, 2.05) is 18.3 Å². The first-order valence-corrected chi connectivity index (χ1v) is 10.3. The zero-order chi connectivity index (χ0) is 20.1. The van der Waals surface area contributed by atoms with Gasteiger partial charge in [-0.15, -0.1) is 0 Å². The number of rotatable bonds is 6. The van der Waals surface area contributed by atoms with Gasteiger partial charge in [0, 0.05) is 23.6 Å². The van der Waals surface area contributed by atoms with Gasteiger partial charge in [0.2, 0.25) is 0 Å². The van der Waals surface area contributed by atoms with E-state index >= 15 is 0 Å². The minimum absolute atomic E-state index is 0.160. The number of aromatic nitrogens is 1.